The van der Waals surface area contributed by atoms with E-state index in [9.17, 15) is 0 Å². The third kappa shape index (κ3) is 2.92. The minimum absolute atomic E-state index is 0.238. The topological polar surface area (TPSA) is 36.3 Å². The molecule has 2 aliphatic rings. The fraction of sp³-hybridized carbons (Fsp3) is 0.583. The maximum Gasteiger partial charge on any atom is 0.156 e. The van der Waals surface area contributed by atoms with Gasteiger partial charge in [0.15, 0.2) is 6.10 Å². The number of hydrogen-bond donors (Lipinski definition) is 0. The summed E-state index contributed by atoms with van der Waals surface area (Å²) in [5.74, 6) is 0. The summed E-state index contributed by atoms with van der Waals surface area (Å²) in [5.41, 5.74) is 1.47. The summed E-state index contributed by atoms with van der Waals surface area (Å²) in [6.45, 7) is 3.37. The van der Waals surface area contributed by atoms with Crippen molar-refractivity contribution >= 4 is 0 Å². The molecule has 1 aliphatic heterocycles. The summed E-state index contributed by atoms with van der Waals surface area (Å²) >= 11 is 0. The van der Waals surface area contributed by atoms with E-state index in [-0.39, 0.29) is 6.10 Å². The lowest BCUT2D eigenvalue weighted by atomic mass is 10.0. The first-order valence-corrected chi connectivity index (χ1v) is 5.46. The van der Waals surface area contributed by atoms with Crippen molar-refractivity contribution in [3.05, 3.63) is 23.8 Å². The van der Waals surface area contributed by atoms with Crippen molar-refractivity contribution in [3.8, 4) is 6.07 Å². The van der Waals surface area contributed by atoms with Gasteiger partial charge in [0.05, 0.1) is 12.7 Å². The van der Waals surface area contributed by atoms with Gasteiger partial charge in [0.25, 0.3) is 0 Å². The molecule has 1 aliphatic carbocycles. The Labute approximate surface area is 90.6 Å². The van der Waals surface area contributed by atoms with Crippen LogP contribution in [0.5, 0.6) is 0 Å². The molecule has 0 amide bonds. The van der Waals surface area contributed by atoms with Crippen LogP contribution in [0.15, 0.2) is 23.8 Å². The second-order valence-electron chi connectivity index (χ2n) is 4.02. The Morgan fingerprint density at radius 2 is 2.53 bits per heavy atom. The van der Waals surface area contributed by atoms with Gasteiger partial charge in [-0.25, -0.2) is 0 Å². The van der Waals surface area contributed by atoms with Gasteiger partial charge < -0.3 is 4.74 Å². The summed E-state index contributed by atoms with van der Waals surface area (Å²) < 4.78 is 5.31. The highest BCUT2D eigenvalue weighted by atomic mass is 16.5. The standard InChI is InChI=1S/C12H16N2O/c13-8-12-10-14(6-7-15-12)9-11-4-2-1-3-5-11/h1-2,4,12H,3,5-7,9-10H2. The molecule has 0 saturated carbocycles. The van der Waals surface area contributed by atoms with Crippen molar-refractivity contribution in [1.29, 1.82) is 5.26 Å². The van der Waals surface area contributed by atoms with E-state index in [0.29, 0.717) is 6.61 Å². The molecule has 1 atom stereocenters. The number of ether oxygens (including phenoxy) is 1. The van der Waals surface area contributed by atoms with E-state index in [1.165, 1.54) is 5.57 Å². The fourth-order valence-corrected chi connectivity index (χ4v) is 2.00. The van der Waals surface area contributed by atoms with E-state index in [2.05, 4.69) is 29.2 Å². The molecule has 80 valence electrons. The summed E-state index contributed by atoms with van der Waals surface area (Å²) in [7, 11) is 0. The zero-order valence-electron chi connectivity index (χ0n) is 8.85. The third-order valence-corrected chi connectivity index (χ3v) is 2.82. The van der Waals surface area contributed by atoms with E-state index in [0.717, 1.165) is 32.5 Å². The Morgan fingerprint density at radius 1 is 1.60 bits per heavy atom. The van der Waals surface area contributed by atoms with Crippen LogP contribution >= 0.6 is 0 Å². The first kappa shape index (κ1) is 10.4. The van der Waals surface area contributed by atoms with Crippen LogP contribution in [0.25, 0.3) is 0 Å². The van der Waals surface area contributed by atoms with E-state index >= 15 is 0 Å². The summed E-state index contributed by atoms with van der Waals surface area (Å²) in [6.07, 6.45) is 8.59. The predicted molar refractivity (Wildman–Crippen MR) is 58.3 cm³/mol. The third-order valence-electron chi connectivity index (χ3n) is 2.82. The number of morpholine rings is 1. The van der Waals surface area contributed by atoms with Crippen LogP contribution in [-0.2, 0) is 4.74 Å². The van der Waals surface area contributed by atoms with Gasteiger partial charge in [0.2, 0.25) is 0 Å². The molecule has 0 aromatic carbocycles. The molecule has 3 nitrogen and oxygen atoms in total. The molecular weight excluding hydrogens is 188 g/mol. The molecule has 1 unspecified atom stereocenters. The SMILES string of the molecule is N#CC1CN(CC2=CC=CCC2)CCO1. The van der Waals surface area contributed by atoms with Crippen molar-refractivity contribution in [2.45, 2.75) is 18.9 Å². The van der Waals surface area contributed by atoms with Crippen molar-refractivity contribution in [3.63, 3.8) is 0 Å². The predicted octanol–water partition coefficient (Wildman–Crippen LogP) is 1.49. The maximum atomic E-state index is 8.79. The zero-order valence-corrected chi connectivity index (χ0v) is 8.85. The van der Waals surface area contributed by atoms with Crippen LogP contribution in [0, 0.1) is 11.3 Å². The Balaban J connectivity index is 1.86. The monoisotopic (exact) mass is 204 g/mol. The molecule has 0 radical (unpaired) electrons. The average Bonchev–Trinajstić information content (AvgIpc) is 2.31. The Morgan fingerprint density at radius 3 is 3.27 bits per heavy atom. The van der Waals surface area contributed by atoms with E-state index in [4.69, 9.17) is 10.00 Å². The Hall–Kier alpha value is -1.11. The molecule has 1 saturated heterocycles. The molecule has 2 rings (SSSR count). The van der Waals surface area contributed by atoms with Crippen LogP contribution in [0.2, 0.25) is 0 Å². The molecular formula is C12H16N2O. The lowest BCUT2D eigenvalue weighted by Crippen LogP contribution is -2.42. The van der Waals surface area contributed by atoms with Crippen LogP contribution in [0.1, 0.15) is 12.8 Å². The van der Waals surface area contributed by atoms with Crippen LogP contribution in [0.3, 0.4) is 0 Å². The van der Waals surface area contributed by atoms with Crippen molar-refractivity contribution < 1.29 is 4.74 Å². The van der Waals surface area contributed by atoms with Gasteiger partial charge in [-0.3, -0.25) is 4.90 Å². The molecule has 3 heteroatoms. The molecule has 0 spiro atoms. The van der Waals surface area contributed by atoms with E-state index < -0.39 is 0 Å². The largest absolute Gasteiger partial charge is 0.361 e. The normalized spacial score (nSPS) is 27.1. The number of hydrogen-bond acceptors (Lipinski definition) is 3. The highest BCUT2D eigenvalue weighted by Crippen LogP contribution is 2.15. The van der Waals surface area contributed by atoms with Crippen molar-refractivity contribution in [2.75, 3.05) is 26.2 Å². The first-order valence-electron chi connectivity index (χ1n) is 5.46. The van der Waals surface area contributed by atoms with Crippen molar-refractivity contribution in [1.82, 2.24) is 4.90 Å². The smallest absolute Gasteiger partial charge is 0.156 e. The van der Waals surface area contributed by atoms with Gasteiger partial charge in [-0.15, -0.1) is 0 Å². The van der Waals surface area contributed by atoms with Crippen LogP contribution < -0.4 is 0 Å². The number of nitriles is 1. The van der Waals surface area contributed by atoms with Gasteiger partial charge in [-0.05, 0) is 12.8 Å². The molecule has 0 bridgehead atoms. The summed E-state index contributed by atoms with van der Waals surface area (Å²) in [4.78, 5) is 2.31. The molecule has 0 aromatic rings. The number of rotatable bonds is 2. The van der Waals surface area contributed by atoms with Gasteiger partial charge in [0.1, 0.15) is 0 Å². The van der Waals surface area contributed by atoms with E-state index in [1.807, 2.05) is 0 Å². The lowest BCUT2D eigenvalue weighted by Gasteiger charge is -2.30. The zero-order chi connectivity index (χ0) is 10.5. The van der Waals surface area contributed by atoms with Crippen LogP contribution in [0.4, 0.5) is 0 Å². The van der Waals surface area contributed by atoms with Gasteiger partial charge >= 0.3 is 0 Å². The molecule has 15 heavy (non-hydrogen) atoms. The highest BCUT2D eigenvalue weighted by molar-refractivity contribution is 5.19. The highest BCUT2D eigenvalue weighted by Gasteiger charge is 2.20. The fourth-order valence-electron chi connectivity index (χ4n) is 2.00. The minimum Gasteiger partial charge on any atom is -0.361 e. The summed E-state index contributed by atoms with van der Waals surface area (Å²) in [6, 6.07) is 2.17. The van der Waals surface area contributed by atoms with Crippen LogP contribution in [-0.4, -0.2) is 37.2 Å². The average molecular weight is 204 g/mol. The van der Waals surface area contributed by atoms with Gasteiger partial charge in [-0.1, -0.05) is 23.8 Å². The van der Waals surface area contributed by atoms with Gasteiger partial charge in [0, 0.05) is 19.6 Å². The molecule has 0 aromatic heterocycles. The Kier molecular flexibility index (Phi) is 3.54. The minimum atomic E-state index is -0.238. The maximum absolute atomic E-state index is 8.79. The number of allylic oxidation sites excluding steroid dienone is 3. The first-order chi connectivity index (χ1) is 7.38. The lowest BCUT2D eigenvalue weighted by molar-refractivity contribution is 0.00396. The summed E-state index contributed by atoms with van der Waals surface area (Å²) in [5, 5.41) is 8.79. The molecule has 1 heterocycles. The quantitative estimate of drug-likeness (QED) is 0.683. The van der Waals surface area contributed by atoms with E-state index in [1.54, 1.807) is 0 Å². The molecule has 1 fully saturated rings. The second-order valence-corrected chi connectivity index (χ2v) is 4.02. The van der Waals surface area contributed by atoms with Crippen molar-refractivity contribution in [2.24, 2.45) is 0 Å². The number of nitrogens with zero attached hydrogens (tertiary/aromatic N) is 2. The second kappa shape index (κ2) is 5.11. The molecule has 0 N–H and O–H groups in total. The Bertz CT molecular complexity index is 314. The van der Waals surface area contributed by atoms with Gasteiger partial charge in [-0.2, -0.15) is 5.26 Å².